The highest BCUT2D eigenvalue weighted by molar-refractivity contribution is 4.74. The first kappa shape index (κ1) is 10.0. The van der Waals surface area contributed by atoms with Crippen molar-refractivity contribution in [3.63, 3.8) is 0 Å². The van der Waals surface area contributed by atoms with Gasteiger partial charge in [-0.15, -0.1) is 0 Å². The maximum absolute atomic E-state index is 8.86. The van der Waals surface area contributed by atoms with Gasteiger partial charge in [-0.2, -0.15) is 0 Å². The molecule has 0 aromatic heterocycles. The van der Waals surface area contributed by atoms with Crippen LogP contribution in [0.15, 0.2) is 0 Å². The summed E-state index contributed by atoms with van der Waals surface area (Å²) in [4.78, 5) is 2.42. The van der Waals surface area contributed by atoms with Crippen molar-refractivity contribution in [2.75, 3.05) is 19.7 Å². The average molecular weight is 171 g/mol. The predicted molar refractivity (Wildman–Crippen MR) is 51.2 cm³/mol. The topological polar surface area (TPSA) is 23.5 Å². The SMILES string of the molecule is CCN(CCO)C1CCCCC1. The van der Waals surface area contributed by atoms with Gasteiger partial charge in [0.2, 0.25) is 0 Å². The van der Waals surface area contributed by atoms with E-state index in [4.69, 9.17) is 5.11 Å². The minimum Gasteiger partial charge on any atom is -0.395 e. The van der Waals surface area contributed by atoms with Crippen molar-refractivity contribution >= 4 is 0 Å². The van der Waals surface area contributed by atoms with Crippen molar-refractivity contribution in [2.24, 2.45) is 0 Å². The van der Waals surface area contributed by atoms with Gasteiger partial charge in [0, 0.05) is 12.6 Å². The Balaban J connectivity index is 2.29. The van der Waals surface area contributed by atoms with Crippen molar-refractivity contribution in [1.82, 2.24) is 4.90 Å². The molecule has 1 N–H and O–H groups in total. The largest absolute Gasteiger partial charge is 0.395 e. The molecule has 2 heteroatoms. The van der Waals surface area contributed by atoms with E-state index in [0.717, 1.165) is 19.1 Å². The van der Waals surface area contributed by atoms with Crippen molar-refractivity contribution in [3.8, 4) is 0 Å². The second kappa shape index (κ2) is 5.55. The van der Waals surface area contributed by atoms with Gasteiger partial charge in [-0.25, -0.2) is 0 Å². The van der Waals surface area contributed by atoms with E-state index in [0.29, 0.717) is 6.61 Å². The van der Waals surface area contributed by atoms with Crippen molar-refractivity contribution in [3.05, 3.63) is 0 Å². The number of likely N-dealkylation sites (N-methyl/N-ethyl adjacent to an activating group) is 1. The summed E-state index contributed by atoms with van der Waals surface area (Å²) >= 11 is 0. The molecule has 0 heterocycles. The summed E-state index contributed by atoms with van der Waals surface area (Å²) in [6, 6.07) is 0.760. The third kappa shape index (κ3) is 2.76. The fourth-order valence-electron chi connectivity index (χ4n) is 2.17. The Morgan fingerprint density at radius 3 is 2.42 bits per heavy atom. The van der Waals surface area contributed by atoms with Crippen LogP contribution >= 0.6 is 0 Å². The van der Waals surface area contributed by atoms with E-state index in [1.807, 2.05) is 0 Å². The van der Waals surface area contributed by atoms with Crippen LogP contribution in [0.5, 0.6) is 0 Å². The molecule has 0 amide bonds. The highest BCUT2D eigenvalue weighted by Gasteiger charge is 2.18. The standard InChI is InChI=1S/C10H21NO/c1-2-11(8-9-12)10-6-4-3-5-7-10/h10,12H,2-9H2,1H3. The van der Waals surface area contributed by atoms with Gasteiger partial charge in [0.25, 0.3) is 0 Å². The third-order valence-corrected chi connectivity index (χ3v) is 2.88. The first-order chi connectivity index (χ1) is 5.88. The molecule has 0 aliphatic heterocycles. The highest BCUT2D eigenvalue weighted by Crippen LogP contribution is 2.21. The van der Waals surface area contributed by atoms with Gasteiger partial charge < -0.3 is 5.11 Å². The first-order valence-corrected chi connectivity index (χ1v) is 5.23. The molecular formula is C10H21NO. The molecule has 0 radical (unpaired) electrons. The molecule has 1 saturated carbocycles. The fourth-order valence-corrected chi connectivity index (χ4v) is 2.17. The van der Waals surface area contributed by atoms with E-state index >= 15 is 0 Å². The van der Waals surface area contributed by atoms with Gasteiger partial charge in [0.1, 0.15) is 0 Å². The molecule has 0 bridgehead atoms. The quantitative estimate of drug-likeness (QED) is 0.695. The van der Waals surface area contributed by atoms with Crippen LogP contribution in [0.2, 0.25) is 0 Å². The lowest BCUT2D eigenvalue weighted by Crippen LogP contribution is -2.38. The number of hydrogen-bond acceptors (Lipinski definition) is 2. The predicted octanol–water partition coefficient (Wildman–Crippen LogP) is 1.63. The summed E-state index contributed by atoms with van der Waals surface area (Å²) in [6.45, 7) is 4.45. The van der Waals surface area contributed by atoms with Crippen LogP contribution in [0.3, 0.4) is 0 Å². The molecule has 0 aromatic rings. The first-order valence-electron chi connectivity index (χ1n) is 5.23. The number of hydrogen-bond donors (Lipinski definition) is 1. The Bertz CT molecular complexity index is 108. The Kier molecular flexibility index (Phi) is 4.62. The second-order valence-electron chi connectivity index (χ2n) is 3.64. The van der Waals surface area contributed by atoms with Gasteiger partial charge in [0.05, 0.1) is 6.61 Å². The van der Waals surface area contributed by atoms with Crippen molar-refractivity contribution in [2.45, 2.75) is 45.1 Å². The van der Waals surface area contributed by atoms with Crippen LogP contribution in [-0.4, -0.2) is 35.7 Å². The summed E-state index contributed by atoms with van der Waals surface area (Å²) < 4.78 is 0. The van der Waals surface area contributed by atoms with Crippen LogP contribution in [0.1, 0.15) is 39.0 Å². The zero-order chi connectivity index (χ0) is 8.81. The molecule has 72 valence electrons. The second-order valence-corrected chi connectivity index (χ2v) is 3.64. The Hall–Kier alpha value is -0.0800. The number of rotatable bonds is 4. The molecule has 12 heavy (non-hydrogen) atoms. The van der Waals surface area contributed by atoms with Crippen LogP contribution in [0.25, 0.3) is 0 Å². The maximum Gasteiger partial charge on any atom is 0.0558 e. The van der Waals surface area contributed by atoms with Gasteiger partial charge >= 0.3 is 0 Å². The lowest BCUT2D eigenvalue weighted by molar-refractivity contribution is 0.130. The Labute approximate surface area is 75.6 Å². The molecule has 0 aromatic carbocycles. The lowest BCUT2D eigenvalue weighted by Gasteiger charge is -2.32. The molecule has 1 aliphatic carbocycles. The summed E-state index contributed by atoms with van der Waals surface area (Å²) in [7, 11) is 0. The fraction of sp³-hybridized carbons (Fsp3) is 1.00. The number of nitrogens with zero attached hydrogens (tertiary/aromatic N) is 1. The van der Waals surface area contributed by atoms with E-state index in [1.165, 1.54) is 32.1 Å². The zero-order valence-corrected chi connectivity index (χ0v) is 8.13. The summed E-state index contributed by atoms with van der Waals surface area (Å²) in [5.74, 6) is 0. The molecule has 2 nitrogen and oxygen atoms in total. The van der Waals surface area contributed by atoms with E-state index in [-0.39, 0.29) is 0 Å². The zero-order valence-electron chi connectivity index (χ0n) is 8.13. The van der Waals surface area contributed by atoms with Crippen LogP contribution < -0.4 is 0 Å². The molecule has 0 spiro atoms. The van der Waals surface area contributed by atoms with E-state index in [1.54, 1.807) is 0 Å². The van der Waals surface area contributed by atoms with E-state index in [9.17, 15) is 0 Å². The maximum atomic E-state index is 8.86. The van der Waals surface area contributed by atoms with Gasteiger partial charge in [0.15, 0.2) is 0 Å². The Morgan fingerprint density at radius 2 is 1.92 bits per heavy atom. The summed E-state index contributed by atoms with van der Waals surface area (Å²) in [5.41, 5.74) is 0. The molecule has 0 unspecified atom stereocenters. The highest BCUT2D eigenvalue weighted by atomic mass is 16.3. The molecule has 0 atom stereocenters. The van der Waals surface area contributed by atoms with Gasteiger partial charge in [-0.3, -0.25) is 4.90 Å². The smallest absolute Gasteiger partial charge is 0.0558 e. The molecular weight excluding hydrogens is 150 g/mol. The van der Waals surface area contributed by atoms with Crippen molar-refractivity contribution in [1.29, 1.82) is 0 Å². The molecule has 1 fully saturated rings. The van der Waals surface area contributed by atoms with Crippen LogP contribution in [0.4, 0.5) is 0 Å². The van der Waals surface area contributed by atoms with Crippen LogP contribution in [-0.2, 0) is 0 Å². The minimum atomic E-state index is 0.310. The number of aliphatic hydroxyl groups is 1. The molecule has 1 rings (SSSR count). The molecule has 1 aliphatic rings. The van der Waals surface area contributed by atoms with Gasteiger partial charge in [-0.1, -0.05) is 26.2 Å². The summed E-state index contributed by atoms with van der Waals surface area (Å²) in [5, 5.41) is 8.86. The normalized spacial score (nSPS) is 20.2. The van der Waals surface area contributed by atoms with E-state index in [2.05, 4.69) is 11.8 Å². The number of aliphatic hydroxyl groups excluding tert-OH is 1. The lowest BCUT2D eigenvalue weighted by atomic mass is 9.94. The van der Waals surface area contributed by atoms with Crippen molar-refractivity contribution < 1.29 is 5.11 Å². The molecule has 0 saturated heterocycles. The van der Waals surface area contributed by atoms with Crippen LogP contribution in [0, 0.1) is 0 Å². The third-order valence-electron chi connectivity index (χ3n) is 2.88. The van der Waals surface area contributed by atoms with E-state index < -0.39 is 0 Å². The average Bonchev–Trinajstić information content (AvgIpc) is 2.15. The Morgan fingerprint density at radius 1 is 1.25 bits per heavy atom. The minimum absolute atomic E-state index is 0.310. The summed E-state index contributed by atoms with van der Waals surface area (Å²) in [6.07, 6.45) is 6.86. The monoisotopic (exact) mass is 171 g/mol. The van der Waals surface area contributed by atoms with Gasteiger partial charge in [-0.05, 0) is 19.4 Å².